The lowest BCUT2D eigenvalue weighted by Gasteiger charge is -2.38. The standard InChI is InChI=1S/C30H48N4O4/c1-19(2)15-20(23-18-37-30(8,9)34(23)27(36)38-28(3,4)5)11-10-12-24(35)22-17-31-21-16-25-29(6,7)13-14-33(25)26(21)32-22/h16-17,19-20,23-24,35H,10-15,18H2,1-9H3/t20-,23-,24+/m0/s1. The Balaban J connectivity index is 1.45. The van der Waals surface area contributed by atoms with Crippen LogP contribution in [0, 0.1) is 11.8 Å². The van der Waals surface area contributed by atoms with Gasteiger partial charge in [-0.05, 0) is 78.2 Å². The highest BCUT2D eigenvalue weighted by atomic mass is 16.6. The summed E-state index contributed by atoms with van der Waals surface area (Å²) in [5.41, 5.74) is 2.49. The van der Waals surface area contributed by atoms with E-state index in [1.165, 1.54) is 5.69 Å². The van der Waals surface area contributed by atoms with Crippen LogP contribution in [0.1, 0.15) is 112 Å². The highest BCUT2D eigenvalue weighted by Gasteiger charge is 2.48. The molecular formula is C30H48N4O4. The maximum Gasteiger partial charge on any atom is 0.412 e. The lowest BCUT2D eigenvalue weighted by atomic mass is 9.85. The van der Waals surface area contributed by atoms with Gasteiger partial charge in [0.05, 0.1) is 30.6 Å². The topological polar surface area (TPSA) is 89.7 Å². The number of aliphatic hydroxyl groups is 1. The normalized spacial score (nSPS) is 22.2. The summed E-state index contributed by atoms with van der Waals surface area (Å²) >= 11 is 0. The van der Waals surface area contributed by atoms with Gasteiger partial charge < -0.3 is 19.1 Å². The molecule has 1 amide bonds. The number of rotatable bonds is 8. The molecule has 2 aliphatic rings. The zero-order valence-corrected chi connectivity index (χ0v) is 24.9. The summed E-state index contributed by atoms with van der Waals surface area (Å²) in [6.45, 7) is 19.9. The Morgan fingerprint density at radius 1 is 1.24 bits per heavy atom. The molecule has 212 valence electrons. The van der Waals surface area contributed by atoms with E-state index in [2.05, 4.69) is 43.3 Å². The fourth-order valence-electron chi connectivity index (χ4n) is 6.13. The molecule has 38 heavy (non-hydrogen) atoms. The van der Waals surface area contributed by atoms with Crippen molar-refractivity contribution in [1.82, 2.24) is 19.4 Å². The van der Waals surface area contributed by atoms with E-state index in [4.69, 9.17) is 14.5 Å². The summed E-state index contributed by atoms with van der Waals surface area (Å²) < 4.78 is 14.1. The highest BCUT2D eigenvalue weighted by molar-refractivity contribution is 5.74. The van der Waals surface area contributed by atoms with Crippen molar-refractivity contribution < 1.29 is 19.4 Å². The molecule has 0 aromatic carbocycles. The van der Waals surface area contributed by atoms with Crippen LogP contribution in [-0.4, -0.2) is 54.6 Å². The first kappa shape index (κ1) is 28.8. The molecule has 2 aromatic rings. The molecule has 1 fully saturated rings. The molecule has 0 unspecified atom stereocenters. The fraction of sp³-hybridized carbons (Fsp3) is 0.767. The van der Waals surface area contributed by atoms with Crippen molar-refractivity contribution in [3.05, 3.63) is 23.7 Å². The van der Waals surface area contributed by atoms with Crippen LogP contribution in [0.2, 0.25) is 0 Å². The molecule has 4 rings (SSSR count). The van der Waals surface area contributed by atoms with Crippen LogP contribution in [0.5, 0.6) is 0 Å². The van der Waals surface area contributed by atoms with Crippen LogP contribution < -0.4 is 0 Å². The van der Waals surface area contributed by atoms with Crippen molar-refractivity contribution in [1.29, 1.82) is 0 Å². The maximum absolute atomic E-state index is 13.2. The Morgan fingerprint density at radius 3 is 2.61 bits per heavy atom. The largest absolute Gasteiger partial charge is 0.444 e. The summed E-state index contributed by atoms with van der Waals surface area (Å²) in [6.07, 6.45) is 5.06. The Bertz CT molecular complexity index is 1150. The second kappa shape index (κ2) is 10.4. The molecule has 8 heteroatoms. The number of carbonyl (C=O) groups excluding carboxylic acids is 1. The van der Waals surface area contributed by atoms with E-state index in [1.807, 2.05) is 34.6 Å². The molecular weight excluding hydrogens is 480 g/mol. The van der Waals surface area contributed by atoms with Gasteiger partial charge in [0.25, 0.3) is 0 Å². The SMILES string of the molecule is CC(C)C[C@H](CCC[C@@H](O)c1cnc2cc3n(c2n1)CCC3(C)C)[C@@H]1COC(C)(C)N1C(=O)OC(C)(C)C. The Labute approximate surface area is 228 Å². The smallest absolute Gasteiger partial charge is 0.412 e. The number of aryl methyl sites for hydroxylation is 1. The second-order valence-electron chi connectivity index (χ2n) is 13.8. The zero-order chi connectivity index (χ0) is 28.0. The van der Waals surface area contributed by atoms with Gasteiger partial charge in [0.2, 0.25) is 0 Å². The fourth-order valence-corrected chi connectivity index (χ4v) is 6.13. The minimum Gasteiger partial charge on any atom is -0.444 e. The molecule has 3 atom stereocenters. The third-order valence-electron chi connectivity index (χ3n) is 8.10. The second-order valence-corrected chi connectivity index (χ2v) is 13.8. The number of aromatic nitrogens is 3. The monoisotopic (exact) mass is 528 g/mol. The molecule has 4 heterocycles. The number of nitrogens with zero attached hydrogens (tertiary/aromatic N) is 4. The molecule has 0 aliphatic carbocycles. The van der Waals surface area contributed by atoms with Gasteiger partial charge in [-0.1, -0.05) is 34.1 Å². The molecule has 1 saturated heterocycles. The molecule has 0 bridgehead atoms. The van der Waals surface area contributed by atoms with E-state index in [9.17, 15) is 9.90 Å². The minimum absolute atomic E-state index is 0.0674. The van der Waals surface area contributed by atoms with Gasteiger partial charge in [0.15, 0.2) is 5.65 Å². The van der Waals surface area contributed by atoms with Crippen LogP contribution >= 0.6 is 0 Å². The molecule has 0 spiro atoms. The Kier molecular flexibility index (Phi) is 7.90. The zero-order valence-electron chi connectivity index (χ0n) is 24.9. The number of hydrogen-bond donors (Lipinski definition) is 1. The van der Waals surface area contributed by atoms with Crippen LogP contribution in [0.15, 0.2) is 12.3 Å². The first-order chi connectivity index (χ1) is 17.6. The number of fused-ring (bicyclic) bond motifs is 3. The van der Waals surface area contributed by atoms with E-state index in [1.54, 1.807) is 11.1 Å². The van der Waals surface area contributed by atoms with Crippen molar-refractivity contribution in [3.8, 4) is 0 Å². The van der Waals surface area contributed by atoms with Crippen LogP contribution in [0.3, 0.4) is 0 Å². The van der Waals surface area contributed by atoms with Gasteiger partial charge >= 0.3 is 6.09 Å². The predicted molar refractivity (Wildman–Crippen MR) is 149 cm³/mol. The molecule has 0 saturated carbocycles. The van der Waals surface area contributed by atoms with Crippen LogP contribution in [-0.2, 0) is 21.4 Å². The van der Waals surface area contributed by atoms with Gasteiger partial charge in [-0.2, -0.15) is 0 Å². The Hall–Kier alpha value is -2.19. The summed E-state index contributed by atoms with van der Waals surface area (Å²) in [6, 6.07) is 2.08. The quantitative estimate of drug-likeness (QED) is 0.429. The number of ether oxygens (including phenoxy) is 2. The summed E-state index contributed by atoms with van der Waals surface area (Å²) in [5.74, 6) is 0.712. The predicted octanol–water partition coefficient (Wildman–Crippen LogP) is 6.35. The molecule has 2 aliphatic heterocycles. The Morgan fingerprint density at radius 2 is 1.95 bits per heavy atom. The van der Waals surface area contributed by atoms with Crippen molar-refractivity contribution >= 4 is 17.3 Å². The average Bonchev–Trinajstić information content (AvgIpc) is 3.41. The molecule has 2 aromatic heterocycles. The summed E-state index contributed by atoms with van der Waals surface area (Å²) in [7, 11) is 0. The third kappa shape index (κ3) is 6.01. The van der Waals surface area contributed by atoms with Gasteiger partial charge in [-0.3, -0.25) is 9.88 Å². The number of aliphatic hydroxyl groups excluding tert-OH is 1. The lowest BCUT2D eigenvalue weighted by Crippen LogP contribution is -2.52. The van der Waals surface area contributed by atoms with E-state index < -0.39 is 17.4 Å². The van der Waals surface area contributed by atoms with Crippen molar-refractivity contribution in [2.45, 2.75) is 130 Å². The molecule has 1 N–H and O–H groups in total. The molecule has 0 radical (unpaired) electrons. The number of carbonyl (C=O) groups is 1. The van der Waals surface area contributed by atoms with Crippen molar-refractivity contribution in [2.75, 3.05) is 6.61 Å². The van der Waals surface area contributed by atoms with E-state index in [0.29, 0.717) is 24.6 Å². The van der Waals surface area contributed by atoms with Gasteiger partial charge in [0.1, 0.15) is 16.8 Å². The average molecular weight is 529 g/mol. The van der Waals surface area contributed by atoms with E-state index in [-0.39, 0.29) is 23.5 Å². The first-order valence-electron chi connectivity index (χ1n) is 14.3. The van der Waals surface area contributed by atoms with Crippen molar-refractivity contribution in [2.24, 2.45) is 11.8 Å². The van der Waals surface area contributed by atoms with E-state index in [0.717, 1.165) is 43.4 Å². The van der Waals surface area contributed by atoms with E-state index >= 15 is 0 Å². The van der Waals surface area contributed by atoms with Crippen LogP contribution in [0.25, 0.3) is 11.2 Å². The number of hydrogen-bond acceptors (Lipinski definition) is 6. The summed E-state index contributed by atoms with van der Waals surface area (Å²) in [4.78, 5) is 24.5. The van der Waals surface area contributed by atoms with Gasteiger partial charge in [-0.15, -0.1) is 0 Å². The lowest BCUT2D eigenvalue weighted by molar-refractivity contribution is -0.0650. The minimum atomic E-state index is -0.723. The molecule has 8 nitrogen and oxygen atoms in total. The maximum atomic E-state index is 13.2. The highest BCUT2D eigenvalue weighted by Crippen LogP contribution is 2.39. The van der Waals surface area contributed by atoms with Crippen molar-refractivity contribution in [3.63, 3.8) is 0 Å². The van der Waals surface area contributed by atoms with Crippen LogP contribution in [0.4, 0.5) is 4.79 Å². The number of amides is 1. The third-order valence-corrected chi connectivity index (χ3v) is 8.10. The summed E-state index contributed by atoms with van der Waals surface area (Å²) in [5, 5.41) is 11.1. The first-order valence-corrected chi connectivity index (χ1v) is 14.3. The van der Waals surface area contributed by atoms with Gasteiger partial charge in [-0.25, -0.2) is 9.78 Å². The van der Waals surface area contributed by atoms with Gasteiger partial charge in [0, 0.05) is 17.7 Å².